The first-order valence-corrected chi connectivity index (χ1v) is 7.57. The van der Waals surface area contributed by atoms with Crippen LogP contribution in [0.5, 0.6) is 5.75 Å². The van der Waals surface area contributed by atoms with Crippen LogP contribution in [0.3, 0.4) is 0 Å². The zero-order valence-corrected chi connectivity index (χ0v) is 12.6. The number of fused-ring (bicyclic) bond motifs is 2. The Balaban J connectivity index is 1.59. The Kier molecular flexibility index (Phi) is 2.93. The summed E-state index contributed by atoms with van der Waals surface area (Å²) in [4.78, 5) is 0. The number of hydrogen-bond acceptors (Lipinski definition) is 1. The number of nitrogens with zero attached hydrogens (tertiary/aromatic N) is 1. The molecule has 0 saturated carbocycles. The normalized spacial score (nSPS) is 17.0. The van der Waals surface area contributed by atoms with E-state index in [1.165, 1.54) is 22.0 Å². The van der Waals surface area contributed by atoms with E-state index in [2.05, 4.69) is 48.0 Å². The fourth-order valence-electron chi connectivity index (χ4n) is 3.10. The van der Waals surface area contributed by atoms with Crippen LogP contribution < -0.4 is 4.74 Å². The van der Waals surface area contributed by atoms with Gasteiger partial charge in [0, 0.05) is 28.5 Å². The Morgan fingerprint density at radius 2 is 2.10 bits per heavy atom. The van der Waals surface area contributed by atoms with Gasteiger partial charge in [-0.2, -0.15) is 0 Å². The lowest BCUT2D eigenvalue weighted by atomic mass is 10.1. The van der Waals surface area contributed by atoms with E-state index in [9.17, 15) is 0 Å². The quantitative estimate of drug-likeness (QED) is 0.674. The summed E-state index contributed by atoms with van der Waals surface area (Å²) < 4.78 is 8.31. The van der Waals surface area contributed by atoms with E-state index in [0.29, 0.717) is 0 Å². The highest BCUT2D eigenvalue weighted by Crippen LogP contribution is 2.31. The van der Waals surface area contributed by atoms with Crippen LogP contribution in [0.2, 0.25) is 5.02 Å². The third kappa shape index (κ3) is 2.30. The number of aromatic nitrogens is 1. The van der Waals surface area contributed by atoms with E-state index < -0.39 is 0 Å². The molecule has 0 aliphatic carbocycles. The van der Waals surface area contributed by atoms with E-state index in [0.717, 1.165) is 23.7 Å². The summed E-state index contributed by atoms with van der Waals surface area (Å²) >= 11 is 6.04. The van der Waals surface area contributed by atoms with Crippen molar-refractivity contribution in [2.24, 2.45) is 0 Å². The zero-order chi connectivity index (χ0) is 14.4. The molecule has 0 bridgehead atoms. The molecular weight excluding hydrogens is 282 g/mol. The van der Waals surface area contributed by atoms with Crippen LogP contribution >= 0.6 is 11.6 Å². The van der Waals surface area contributed by atoms with Gasteiger partial charge in [0.1, 0.15) is 11.9 Å². The van der Waals surface area contributed by atoms with Gasteiger partial charge in [-0.3, -0.25) is 0 Å². The lowest BCUT2D eigenvalue weighted by molar-refractivity contribution is 0.211. The van der Waals surface area contributed by atoms with Gasteiger partial charge in [-0.25, -0.2) is 0 Å². The summed E-state index contributed by atoms with van der Waals surface area (Å²) in [6.45, 7) is 2.98. The molecule has 2 heterocycles. The second-order valence-electron chi connectivity index (χ2n) is 5.73. The predicted octanol–water partition coefficient (Wildman–Crippen LogP) is 4.61. The topological polar surface area (TPSA) is 14.2 Å². The first-order chi connectivity index (χ1) is 10.2. The van der Waals surface area contributed by atoms with Crippen molar-refractivity contribution in [1.29, 1.82) is 0 Å². The van der Waals surface area contributed by atoms with Crippen molar-refractivity contribution in [2.75, 3.05) is 0 Å². The van der Waals surface area contributed by atoms with Gasteiger partial charge in [-0.1, -0.05) is 29.3 Å². The van der Waals surface area contributed by atoms with E-state index >= 15 is 0 Å². The summed E-state index contributed by atoms with van der Waals surface area (Å²) in [5.41, 5.74) is 3.81. The summed E-state index contributed by atoms with van der Waals surface area (Å²) in [5, 5.41) is 1.95. The van der Waals surface area contributed by atoms with E-state index in [1.54, 1.807) is 0 Å². The Morgan fingerprint density at radius 3 is 3.00 bits per heavy atom. The van der Waals surface area contributed by atoms with Crippen molar-refractivity contribution in [3.8, 4) is 5.75 Å². The molecule has 0 N–H and O–H groups in total. The molecule has 4 rings (SSSR count). The largest absolute Gasteiger partial charge is 0.488 e. The van der Waals surface area contributed by atoms with Crippen LogP contribution in [0.25, 0.3) is 10.9 Å². The van der Waals surface area contributed by atoms with Crippen molar-refractivity contribution >= 4 is 22.5 Å². The van der Waals surface area contributed by atoms with Gasteiger partial charge in [0.15, 0.2) is 0 Å². The number of halogens is 1. The van der Waals surface area contributed by atoms with Crippen molar-refractivity contribution in [3.05, 3.63) is 64.8 Å². The number of hydrogen-bond donors (Lipinski definition) is 0. The molecule has 0 saturated heterocycles. The standard InChI is InChI=1S/C18H16ClNO/c1-12-2-5-18-14(8-12)10-16(21-18)11-20-7-6-13-9-15(19)3-4-17(13)20/h2-9,16H,10-11H2,1H3. The van der Waals surface area contributed by atoms with Gasteiger partial charge in [-0.05, 0) is 42.8 Å². The van der Waals surface area contributed by atoms with Crippen LogP contribution in [0.15, 0.2) is 48.7 Å². The van der Waals surface area contributed by atoms with Crippen LogP contribution in [0.4, 0.5) is 0 Å². The lowest BCUT2D eigenvalue weighted by Gasteiger charge is -2.13. The van der Waals surface area contributed by atoms with Gasteiger partial charge in [-0.15, -0.1) is 0 Å². The van der Waals surface area contributed by atoms with Crippen molar-refractivity contribution in [1.82, 2.24) is 4.57 Å². The second-order valence-corrected chi connectivity index (χ2v) is 6.16. The summed E-state index contributed by atoms with van der Waals surface area (Å²) in [6, 6.07) is 14.5. The average Bonchev–Trinajstić information content (AvgIpc) is 3.02. The maximum Gasteiger partial charge on any atom is 0.123 e. The fraction of sp³-hybridized carbons (Fsp3) is 0.222. The first-order valence-electron chi connectivity index (χ1n) is 7.19. The minimum Gasteiger partial charge on any atom is -0.488 e. The monoisotopic (exact) mass is 297 g/mol. The van der Waals surface area contributed by atoms with E-state index in [1.807, 2.05) is 12.1 Å². The molecule has 21 heavy (non-hydrogen) atoms. The van der Waals surface area contributed by atoms with Crippen LogP contribution in [0.1, 0.15) is 11.1 Å². The van der Waals surface area contributed by atoms with Gasteiger partial charge in [0.25, 0.3) is 0 Å². The molecule has 106 valence electrons. The minimum atomic E-state index is 0.202. The molecule has 0 amide bonds. The maximum atomic E-state index is 6.06. The number of aryl methyl sites for hydroxylation is 1. The van der Waals surface area contributed by atoms with Gasteiger partial charge in [0.05, 0.1) is 6.54 Å². The molecule has 0 fully saturated rings. The molecule has 3 aromatic rings. The van der Waals surface area contributed by atoms with Gasteiger partial charge < -0.3 is 9.30 Å². The Hall–Kier alpha value is -1.93. The highest BCUT2D eigenvalue weighted by Gasteiger charge is 2.23. The second kappa shape index (κ2) is 4.81. The Bertz CT molecular complexity index is 821. The Labute approximate surface area is 128 Å². The molecule has 1 unspecified atom stereocenters. The Morgan fingerprint density at radius 1 is 1.19 bits per heavy atom. The van der Waals surface area contributed by atoms with Crippen molar-refractivity contribution in [2.45, 2.75) is 26.0 Å². The predicted molar refractivity (Wildman–Crippen MR) is 86.2 cm³/mol. The van der Waals surface area contributed by atoms with Crippen LogP contribution in [0, 0.1) is 6.92 Å². The summed E-state index contributed by atoms with van der Waals surface area (Å²) in [5.74, 6) is 1.03. The number of rotatable bonds is 2. The summed E-state index contributed by atoms with van der Waals surface area (Å²) in [7, 11) is 0. The molecule has 1 aliphatic heterocycles. The van der Waals surface area contributed by atoms with Crippen molar-refractivity contribution in [3.63, 3.8) is 0 Å². The van der Waals surface area contributed by atoms with Crippen LogP contribution in [-0.4, -0.2) is 10.7 Å². The third-order valence-electron chi connectivity index (χ3n) is 4.09. The van der Waals surface area contributed by atoms with Crippen LogP contribution in [-0.2, 0) is 13.0 Å². The lowest BCUT2D eigenvalue weighted by Crippen LogP contribution is -2.20. The molecule has 0 radical (unpaired) electrons. The van der Waals surface area contributed by atoms with E-state index in [-0.39, 0.29) is 6.10 Å². The highest BCUT2D eigenvalue weighted by atomic mass is 35.5. The minimum absolute atomic E-state index is 0.202. The number of benzene rings is 2. The highest BCUT2D eigenvalue weighted by molar-refractivity contribution is 6.31. The molecule has 1 atom stereocenters. The molecular formula is C18H16ClNO. The first kappa shape index (κ1) is 12.8. The maximum absolute atomic E-state index is 6.06. The molecule has 0 spiro atoms. The third-order valence-corrected chi connectivity index (χ3v) is 4.33. The molecule has 2 nitrogen and oxygen atoms in total. The summed E-state index contributed by atoms with van der Waals surface area (Å²) in [6.07, 6.45) is 3.29. The van der Waals surface area contributed by atoms with E-state index in [4.69, 9.17) is 16.3 Å². The average molecular weight is 298 g/mol. The smallest absolute Gasteiger partial charge is 0.123 e. The number of ether oxygens (including phenoxy) is 1. The van der Waals surface area contributed by atoms with Gasteiger partial charge >= 0.3 is 0 Å². The SMILES string of the molecule is Cc1ccc2c(c1)CC(Cn1ccc3cc(Cl)ccc31)O2. The van der Waals surface area contributed by atoms with Gasteiger partial charge in [0.2, 0.25) is 0 Å². The molecule has 1 aliphatic rings. The molecule has 2 aromatic carbocycles. The van der Waals surface area contributed by atoms with Crippen molar-refractivity contribution < 1.29 is 4.74 Å². The zero-order valence-electron chi connectivity index (χ0n) is 11.8. The fourth-order valence-corrected chi connectivity index (χ4v) is 3.28. The molecule has 1 aromatic heterocycles. The molecule has 3 heteroatoms.